The van der Waals surface area contributed by atoms with Crippen molar-refractivity contribution in [3.8, 4) is 0 Å². The number of thiazole rings is 1. The number of aromatic nitrogens is 1. The molecule has 0 bridgehead atoms. The summed E-state index contributed by atoms with van der Waals surface area (Å²) in [6.07, 6.45) is 0.714. The van der Waals surface area contributed by atoms with Gasteiger partial charge in [-0.1, -0.05) is 18.2 Å². The molecule has 0 radical (unpaired) electrons. The Balaban J connectivity index is 2.02. The van der Waals surface area contributed by atoms with E-state index in [-0.39, 0.29) is 11.7 Å². The Hall–Kier alpha value is -2.45. The molecule has 146 valence electrons. The van der Waals surface area contributed by atoms with Crippen LogP contribution < -0.4 is 5.32 Å². The molecule has 2 aromatic rings. The lowest BCUT2D eigenvalue weighted by molar-refractivity contribution is 0.0520. The zero-order valence-corrected chi connectivity index (χ0v) is 16.5. The largest absolute Gasteiger partial charge is 0.461 e. The first kappa shape index (κ1) is 20.9. The fraction of sp³-hybridized carbons (Fsp3) is 0.421. The van der Waals surface area contributed by atoms with Gasteiger partial charge in [-0.2, -0.15) is 0 Å². The summed E-state index contributed by atoms with van der Waals surface area (Å²) in [5, 5.41) is 5.22. The van der Waals surface area contributed by atoms with Crippen molar-refractivity contribution in [3.63, 3.8) is 0 Å². The summed E-state index contributed by atoms with van der Waals surface area (Å²) in [7, 11) is 0. The van der Waals surface area contributed by atoms with Gasteiger partial charge in [0.05, 0.1) is 13.2 Å². The van der Waals surface area contributed by atoms with Crippen molar-refractivity contribution >= 4 is 29.0 Å². The lowest BCUT2D eigenvalue weighted by Gasteiger charge is -2.22. The molecule has 0 saturated carbocycles. The minimum Gasteiger partial charge on any atom is -0.461 e. The molecule has 8 heteroatoms. The quantitative estimate of drug-likeness (QED) is 0.492. The van der Waals surface area contributed by atoms with Gasteiger partial charge in [-0.15, -0.1) is 11.3 Å². The van der Waals surface area contributed by atoms with Crippen LogP contribution >= 0.6 is 11.3 Å². The number of hydrogen-bond acceptors (Lipinski definition) is 6. The number of nitrogens with one attached hydrogen (secondary N) is 1. The minimum absolute atomic E-state index is 0.217. The predicted octanol–water partition coefficient (Wildman–Crippen LogP) is 3.78. The van der Waals surface area contributed by atoms with Crippen LogP contribution in [0.4, 0.5) is 10.5 Å². The van der Waals surface area contributed by atoms with Crippen LogP contribution in [-0.4, -0.2) is 48.2 Å². The van der Waals surface area contributed by atoms with E-state index in [1.165, 1.54) is 11.3 Å². The number of urea groups is 1. The predicted molar refractivity (Wildman–Crippen MR) is 105 cm³/mol. The first-order valence-corrected chi connectivity index (χ1v) is 9.82. The highest BCUT2D eigenvalue weighted by Crippen LogP contribution is 2.15. The maximum atomic E-state index is 12.7. The van der Waals surface area contributed by atoms with Crippen molar-refractivity contribution < 1.29 is 19.1 Å². The molecule has 1 aromatic heterocycles. The molecular weight excluding hydrogens is 366 g/mol. The van der Waals surface area contributed by atoms with Crippen molar-refractivity contribution in [3.05, 3.63) is 46.4 Å². The molecule has 1 N–H and O–H groups in total. The number of carbonyl (C=O) groups is 2. The number of ether oxygens (including phenoxy) is 2. The fourth-order valence-corrected chi connectivity index (χ4v) is 3.10. The Morgan fingerprint density at radius 1 is 1.19 bits per heavy atom. The van der Waals surface area contributed by atoms with E-state index in [1.54, 1.807) is 17.2 Å². The van der Waals surface area contributed by atoms with E-state index in [0.717, 1.165) is 5.69 Å². The maximum Gasteiger partial charge on any atom is 0.357 e. The first-order chi connectivity index (χ1) is 13.1. The van der Waals surface area contributed by atoms with Crippen LogP contribution in [0, 0.1) is 0 Å². The van der Waals surface area contributed by atoms with Gasteiger partial charge < -0.3 is 19.7 Å². The van der Waals surface area contributed by atoms with Crippen LogP contribution in [0.2, 0.25) is 0 Å². The van der Waals surface area contributed by atoms with Crippen LogP contribution in [0.25, 0.3) is 0 Å². The number of benzene rings is 1. The van der Waals surface area contributed by atoms with Gasteiger partial charge in [0.15, 0.2) is 5.69 Å². The molecular formula is C19H25N3O4S. The van der Waals surface area contributed by atoms with Gasteiger partial charge in [0.2, 0.25) is 0 Å². The molecule has 2 amide bonds. The highest BCUT2D eigenvalue weighted by Gasteiger charge is 2.18. The number of esters is 1. The number of anilines is 1. The van der Waals surface area contributed by atoms with E-state index in [4.69, 9.17) is 9.47 Å². The smallest absolute Gasteiger partial charge is 0.357 e. The van der Waals surface area contributed by atoms with Gasteiger partial charge in [-0.05, 0) is 32.4 Å². The third-order valence-corrected chi connectivity index (χ3v) is 4.43. The average Bonchev–Trinajstić information content (AvgIpc) is 3.14. The summed E-state index contributed by atoms with van der Waals surface area (Å²) in [4.78, 5) is 30.4. The lowest BCUT2D eigenvalue weighted by atomic mass is 10.3. The van der Waals surface area contributed by atoms with Crippen molar-refractivity contribution in [2.24, 2.45) is 0 Å². The summed E-state index contributed by atoms with van der Waals surface area (Å²) in [6.45, 7) is 6.05. The normalized spacial score (nSPS) is 10.4. The Morgan fingerprint density at radius 3 is 2.67 bits per heavy atom. The molecule has 27 heavy (non-hydrogen) atoms. The van der Waals surface area contributed by atoms with Crippen LogP contribution in [0.3, 0.4) is 0 Å². The molecule has 2 rings (SSSR count). The van der Waals surface area contributed by atoms with E-state index in [2.05, 4.69) is 10.3 Å². The summed E-state index contributed by atoms with van der Waals surface area (Å²) >= 11 is 1.33. The van der Waals surface area contributed by atoms with Crippen LogP contribution in [0.15, 0.2) is 35.7 Å². The second-order valence-electron chi connectivity index (χ2n) is 5.62. The number of para-hydroxylation sites is 1. The minimum atomic E-state index is -0.448. The van der Waals surface area contributed by atoms with E-state index >= 15 is 0 Å². The second kappa shape index (κ2) is 11.3. The van der Waals surface area contributed by atoms with E-state index in [1.807, 2.05) is 37.3 Å². The third-order valence-electron chi connectivity index (χ3n) is 3.60. The first-order valence-electron chi connectivity index (χ1n) is 8.94. The maximum absolute atomic E-state index is 12.7. The molecule has 0 aliphatic carbocycles. The molecule has 0 aliphatic rings. The monoisotopic (exact) mass is 391 g/mol. The molecule has 0 fully saturated rings. The van der Waals surface area contributed by atoms with Gasteiger partial charge in [0.25, 0.3) is 0 Å². The van der Waals surface area contributed by atoms with Gasteiger partial charge in [-0.3, -0.25) is 0 Å². The molecule has 1 heterocycles. The standard InChI is InChI=1S/C19H25N3O4S/c1-3-25-12-8-11-22(19(24)20-15-9-6-5-7-10-15)13-17-21-16(14-27-17)18(23)26-4-2/h5-7,9-10,14H,3-4,8,11-13H2,1-2H3,(H,20,24). The molecule has 0 spiro atoms. The van der Waals surface area contributed by atoms with Crippen molar-refractivity contribution in [1.29, 1.82) is 0 Å². The third kappa shape index (κ3) is 6.99. The number of nitrogens with zero attached hydrogens (tertiary/aromatic N) is 2. The molecule has 0 aliphatic heterocycles. The number of carbonyl (C=O) groups excluding carboxylic acids is 2. The zero-order chi connectivity index (χ0) is 19.5. The Bertz CT molecular complexity index is 721. The molecule has 0 unspecified atom stereocenters. The lowest BCUT2D eigenvalue weighted by Crippen LogP contribution is -2.35. The topological polar surface area (TPSA) is 80.8 Å². The molecule has 0 atom stereocenters. The molecule has 0 saturated heterocycles. The van der Waals surface area contributed by atoms with Gasteiger partial charge in [0, 0.05) is 30.8 Å². The van der Waals surface area contributed by atoms with Crippen molar-refractivity contribution in [2.45, 2.75) is 26.8 Å². The summed E-state index contributed by atoms with van der Waals surface area (Å²) in [5.74, 6) is -0.448. The van der Waals surface area contributed by atoms with Crippen molar-refractivity contribution in [1.82, 2.24) is 9.88 Å². The molecule has 7 nitrogen and oxygen atoms in total. The van der Waals surface area contributed by atoms with E-state index < -0.39 is 5.97 Å². The average molecular weight is 391 g/mol. The fourth-order valence-electron chi connectivity index (χ4n) is 2.32. The van der Waals surface area contributed by atoms with Crippen LogP contribution in [0.5, 0.6) is 0 Å². The van der Waals surface area contributed by atoms with Crippen LogP contribution in [0.1, 0.15) is 35.8 Å². The van der Waals surface area contributed by atoms with Crippen molar-refractivity contribution in [2.75, 3.05) is 31.7 Å². The second-order valence-corrected chi connectivity index (χ2v) is 6.56. The Kier molecular flexibility index (Phi) is 8.73. The summed E-state index contributed by atoms with van der Waals surface area (Å²) < 4.78 is 10.3. The Labute approximate surface area is 163 Å². The number of hydrogen-bond donors (Lipinski definition) is 1. The number of rotatable bonds is 10. The van der Waals surface area contributed by atoms with Gasteiger partial charge >= 0.3 is 12.0 Å². The molecule has 1 aromatic carbocycles. The zero-order valence-electron chi connectivity index (χ0n) is 15.6. The highest BCUT2D eigenvalue weighted by molar-refractivity contribution is 7.09. The summed E-state index contributed by atoms with van der Waals surface area (Å²) in [6, 6.07) is 9.06. The van der Waals surface area contributed by atoms with E-state index in [9.17, 15) is 9.59 Å². The van der Waals surface area contributed by atoms with Gasteiger partial charge in [-0.25, -0.2) is 14.6 Å². The SMILES string of the molecule is CCOCCCN(Cc1nc(C(=O)OCC)cs1)C(=O)Nc1ccccc1. The summed E-state index contributed by atoms with van der Waals surface area (Å²) in [5.41, 5.74) is 0.998. The van der Waals surface area contributed by atoms with Gasteiger partial charge in [0.1, 0.15) is 5.01 Å². The Morgan fingerprint density at radius 2 is 1.96 bits per heavy atom. The number of amides is 2. The van der Waals surface area contributed by atoms with E-state index in [0.29, 0.717) is 44.3 Å². The van der Waals surface area contributed by atoms with Crippen LogP contribution in [-0.2, 0) is 16.0 Å². The highest BCUT2D eigenvalue weighted by atomic mass is 32.1.